The molecule has 0 aromatic heterocycles. The number of allylic oxidation sites excluding steroid dienone is 2. The van der Waals surface area contributed by atoms with Gasteiger partial charge in [0, 0.05) is 5.56 Å². The molecular formula is C19H26O3. The molecule has 22 heavy (non-hydrogen) atoms. The average Bonchev–Trinajstić information content (AvgIpc) is 2.98. The molecule has 0 bridgehead atoms. The van der Waals surface area contributed by atoms with Crippen LogP contribution in [0.2, 0.25) is 0 Å². The van der Waals surface area contributed by atoms with Gasteiger partial charge in [0.2, 0.25) is 0 Å². The van der Waals surface area contributed by atoms with Crippen molar-refractivity contribution in [2.45, 2.75) is 41.2 Å². The van der Waals surface area contributed by atoms with E-state index >= 15 is 0 Å². The molecule has 2 atom stereocenters. The summed E-state index contributed by atoms with van der Waals surface area (Å²) in [6, 6.07) is 7.69. The molecule has 0 unspecified atom stereocenters. The minimum Gasteiger partial charge on any atom is -0.493 e. The second kappa shape index (κ2) is 6.55. The van der Waals surface area contributed by atoms with Crippen LogP contribution in [0.1, 0.15) is 40.2 Å². The topological polar surface area (TPSA) is 35.5 Å². The van der Waals surface area contributed by atoms with E-state index in [9.17, 15) is 4.79 Å². The molecule has 1 aliphatic rings. The van der Waals surface area contributed by atoms with Crippen molar-refractivity contribution in [3.8, 4) is 5.75 Å². The number of ether oxygens (including phenoxy) is 2. The lowest BCUT2D eigenvalue weighted by Crippen LogP contribution is -2.11. The molecule has 1 aromatic rings. The third-order valence-electron chi connectivity index (χ3n) is 4.32. The van der Waals surface area contributed by atoms with Crippen LogP contribution < -0.4 is 4.74 Å². The first-order valence-electron chi connectivity index (χ1n) is 7.90. The van der Waals surface area contributed by atoms with E-state index in [1.54, 1.807) is 0 Å². The maximum atomic E-state index is 12.4. The first-order valence-corrected chi connectivity index (χ1v) is 7.90. The second-order valence-electron chi connectivity index (χ2n) is 6.72. The summed E-state index contributed by atoms with van der Waals surface area (Å²) < 4.78 is 11.1. The molecule has 0 amide bonds. The molecule has 1 aromatic carbocycles. The zero-order valence-corrected chi connectivity index (χ0v) is 14.2. The van der Waals surface area contributed by atoms with Gasteiger partial charge in [-0.15, -0.1) is 0 Å². The van der Waals surface area contributed by atoms with Crippen LogP contribution in [-0.4, -0.2) is 12.6 Å². The molecule has 3 heteroatoms. The van der Waals surface area contributed by atoms with Gasteiger partial charge in [-0.05, 0) is 38.2 Å². The summed E-state index contributed by atoms with van der Waals surface area (Å²) in [4.78, 5) is 12.4. The molecular weight excluding hydrogens is 276 g/mol. The summed E-state index contributed by atoms with van der Waals surface area (Å²) in [7, 11) is 0. The Bertz CT molecular complexity index is 568. The van der Waals surface area contributed by atoms with E-state index in [0.717, 1.165) is 11.3 Å². The van der Waals surface area contributed by atoms with Gasteiger partial charge in [0.25, 0.3) is 0 Å². The fraction of sp³-hybridized carbons (Fsp3) is 0.526. The van der Waals surface area contributed by atoms with E-state index in [0.29, 0.717) is 6.61 Å². The molecule has 0 aliphatic heterocycles. The Morgan fingerprint density at radius 1 is 1.27 bits per heavy atom. The molecule has 1 fully saturated rings. The van der Waals surface area contributed by atoms with Crippen molar-refractivity contribution in [1.29, 1.82) is 0 Å². The first kappa shape index (κ1) is 16.6. The molecule has 3 nitrogen and oxygen atoms in total. The highest BCUT2D eigenvalue weighted by molar-refractivity contribution is 5.78. The molecule has 2 rings (SSSR count). The van der Waals surface area contributed by atoms with Crippen LogP contribution in [0, 0.1) is 17.3 Å². The van der Waals surface area contributed by atoms with E-state index < -0.39 is 0 Å². The standard InChI is InChI=1S/C19H26O3/c1-6-21-16-10-8-7-9-14(16)12-22-18(20)17-15(11-13(2)3)19(17,4)5/h7-11,15,17H,6,12H2,1-5H3/t15-,17+/m1/s1. The highest BCUT2D eigenvalue weighted by Gasteiger charge is 2.61. The van der Waals surface area contributed by atoms with E-state index in [2.05, 4.69) is 33.8 Å². The van der Waals surface area contributed by atoms with Crippen molar-refractivity contribution in [3.05, 3.63) is 41.5 Å². The Morgan fingerprint density at radius 2 is 1.95 bits per heavy atom. The van der Waals surface area contributed by atoms with E-state index in [4.69, 9.17) is 9.47 Å². The fourth-order valence-corrected chi connectivity index (χ4v) is 2.96. The van der Waals surface area contributed by atoms with Crippen LogP contribution in [0.4, 0.5) is 0 Å². The molecule has 0 heterocycles. The third kappa shape index (κ3) is 3.52. The predicted octanol–water partition coefficient (Wildman–Crippen LogP) is 4.37. The minimum absolute atomic E-state index is 0.00616. The minimum atomic E-state index is -0.112. The summed E-state index contributed by atoms with van der Waals surface area (Å²) in [5.74, 6) is 0.918. The number of esters is 1. The smallest absolute Gasteiger partial charge is 0.310 e. The summed E-state index contributed by atoms with van der Waals surface area (Å²) in [5, 5.41) is 0. The SMILES string of the molecule is CCOc1ccccc1COC(=O)[C@@H]1[C@@H](C=C(C)C)C1(C)C. The van der Waals surface area contributed by atoms with Crippen LogP contribution in [0.25, 0.3) is 0 Å². The van der Waals surface area contributed by atoms with Crippen LogP contribution in [0.15, 0.2) is 35.9 Å². The van der Waals surface area contributed by atoms with Crippen molar-refractivity contribution in [3.63, 3.8) is 0 Å². The van der Waals surface area contributed by atoms with Gasteiger partial charge >= 0.3 is 5.97 Å². The van der Waals surface area contributed by atoms with Crippen LogP contribution >= 0.6 is 0 Å². The predicted molar refractivity (Wildman–Crippen MR) is 87.6 cm³/mol. The molecule has 0 N–H and O–H groups in total. The quantitative estimate of drug-likeness (QED) is 0.578. The Hall–Kier alpha value is -1.77. The van der Waals surface area contributed by atoms with Crippen molar-refractivity contribution in [1.82, 2.24) is 0 Å². The Labute approximate surface area is 133 Å². The van der Waals surface area contributed by atoms with Crippen molar-refractivity contribution < 1.29 is 14.3 Å². The van der Waals surface area contributed by atoms with Gasteiger partial charge in [0.05, 0.1) is 12.5 Å². The molecule has 0 radical (unpaired) electrons. The summed E-state index contributed by atoms with van der Waals surface area (Å²) in [6.07, 6.45) is 2.18. The van der Waals surface area contributed by atoms with Crippen LogP contribution in [0.5, 0.6) is 5.75 Å². The molecule has 120 valence electrons. The second-order valence-corrected chi connectivity index (χ2v) is 6.72. The van der Waals surface area contributed by atoms with Gasteiger partial charge < -0.3 is 9.47 Å². The molecule has 1 aliphatic carbocycles. The average molecular weight is 302 g/mol. The number of hydrogen-bond acceptors (Lipinski definition) is 3. The summed E-state index contributed by atoms with van der Waals surface area (Å²) in [6.45, 7) is 11.2. The molecule has 0 saturated heterocycles. The van der Waals surface area contributed by atoms with E-state index in [1.807, 2.05) is 31.2 Å². The highest BCUT2D eigenvalue weighted by Crippen LogP contribution is 2.59. The van der Waals surface area contributed by atoms with Crippen LogP contribution in [-0.2, 0) is 16.1 Å². The lowest BCUT2D eigenvalue weighted by Gasteiger charge is -2.10. The lowest BCUT2D eigenvalue weighted by atomic mass is 10.1. The third-order valence-corrected chi connectivity index (χ3v) is 4.32. The normalized spacial score (nSPS) is 21.9. The van der Waals surface area contributed by atoms with Gasteiger partial charge in [-0.2, -0.15) is 0 Å². The number of carbonyl (C=O) groups is 1. The summed E-state index contributed by atoms with van der Waals surface area (Å²) >= 11 is 0. The maximum Gasteiger partial charge on any atom is 0.310 e. The van der Waals surface area contributed by atoms with Crippen LogP contribution in [0.3, 0.4) is 0 Å². The monoisotopic (exact) mass is 302 g/mol. The Morgan fingerprint density at radius 3 is 2.59 bits per heavy atom. The number of rotatable bonds is 6. The molecule has 1 saturated carbocycles. The van der Waals surface area contributed by atoms with Gasteiger partial charge in [0.1, 0.15) is 12.4 Å². The molecule has 0 spiro atoms. The zero-order chi connectivity index (χ0) is 16.3. The van der Waals surface area contributed by atoms with Crippen molar-refractivity contribution in [2.75, 3.05) is 6.61 Å². The number of benzene rings is 1. The number of hydrogen-bond donors (Lipinski definition) is 0. The van der Waals surface area contributed by atoms with Gasteiger partial charge in [-0.1, -0.05) is 43.7 Å². The zero-order valence-electron chi connectivity index (χ0n) is 14.2. The van der Waals surface area contributed by atoms with Crippen molar-refractivity contribution in [2.24, 2.45) is 17.3 Å². The number of carbonyl (C=O) groups excluding carboxylic acids is 1. The summed E-state index contributed by atoms with van der Waals surface area (Å²) in [5.41, 5.74) is 2.15. The number of para-hydroxylation sites is 1. The van der Waals surface area contributed by atoms with Gasteiger partial charge in [-0.3, -0.25) is 4.79 Å². The maximum absolute atomic E-state index is 12.4. The van der Waals surface area contributed by atoms with Gasteiger partial charge in [0.15, 0.2) is 0 Å². The Kier molecular flexibility index (Phi) is 4.94. The van der Waals surface area contributed by atoms with Crippen molar-refractivity contribution >= 4 is 5.97 Å². The van der Waals surface area contributed by atoms with E-state index in [1.165, 1.54) is 5.57 Å². The largest absolute Gasteiger partial charge is 0.493 e. The van der Waals surface area contributed by atoms with Gasteiger partial charge in [-0.25, -0.2) is 0 Å². The first-order chi connectivity index (χ1) is 10.4. The van der Waals surface area contributed by atoms with E-state index in [-0.39, 0.29) is 29.8 Å². The fourth-order valence-electron chi connectivity index (χ4n) is 2.96. The Balaban J connectivity index is 1.98. The lowest BCUT2D eigenvalue weighted by molar-refractivity contribution is -0.147. The highest BCUT2D eigenvalue weighted by atomic mass is 16.5.